The van der Waals surface area contributed by atoms with Crippen molar-refractivity contribution in [3.63, 3.8) is 0 Å². The monoisotopic (exact) mass is 285 g/mol. The van der Waals surface area contributed by atoms with Gasteiger partial charge in [0.05, 0.1) is 6.54 Å². The number of nitrogens with zero attached hydrogens (tertiary/aromatic N) is 2. The number of amides is 1. The smallest absolute Gasteiger partial charge is 0.273 e. The highest BCUT2D eigenvalue weighted by Crippen LogP contribution is 2.40. The van der Waals surface area contributed by atoms with Crippen molar-refractivity contribution in [2.45, 2.75) is 37.6 Å². The lowest BCUT2D eigenvalue weighted by Gasteiger charge is -2.15. The minimum Gasteiger partial charge on any atom is -0.360 e. The second-order valence-corrected chi connectivity index (χ2v) is 5.50. The Morgan fingerprint density at radius 3 is 3.00 bits per heavy atom. The molecule has 1 N–H and O–H groups in total. The van der Waals surface area contributed by atoms with Crippen LogP contribution in [0.4, 0.5) is 8.78 Å². The molecule has 0 aromatic carbocycles. The Balaban J connectivity index is 1.51. The molecule has 1 atom stereocenters. The number of hydrogen-bond acceptors (Lipinski definition) is 4. The SMILES string of the molecule is O=C(N[C@H]1CCN(CC(F)F)C1)c1cc(C2CC2)on1. The van der Waals surface area contributed by atoms with E-state index in [9.17, 15) is 13.6 Å². The standard InChI is InChI=1S/C13H17F2N3O2/c14-12(15)7-18-4-3-9(6-18)16-13(19)10-5-11(20-17-10)8-1-2-8/h5,8-9,12H,1-4,6-7H2,(H,16,19)/t9-/m0/s1. The van der Waals surface area contributed by atoms with Gasteiger partial charge in [-0.3, -0.25) is 9.69 Å². The lowest BCUT2D eigenvalue weighted by atomic mass is 10.2. The molecule has 0 spiro atoms. The van der Waals surface area contributed by atoms with Crippen LogP contribution in [0.15, 0.2) is 10.6 Å². The second-order valence-electron chi connectivity index (χ2n) is 5.50. The van der Waals surface area contributed by atoms with Gasteiger partial charge in [0, 0.05) is 31.1 Å². The first-order chi connectivity index (χ1) is 9.61. The van der Waals surface area contributed by atoms with Crippen LogP contribution < -0.4 is 5.32 Å². The Kier molecular flexibility index (Phi) is 3.69. The van der Waals surface area contributed by atoms with Crippen molar-refractivity contribution in [2.75, 3.05) is 19.6 Å². The van der Waals surface area contributed by atoms with Crippen LogP contribution in [-0.2, 0) is 0 Å². The van der Waals surface area contributed by atoms with E-state index < -0.39 is 6.43 Å². The summed E-state index contributed by atoms with van der Waals surface area (Å²) in [6.45, 7) is 0.812. The van der Waals surface area contributed by atoms with Crippen molar-refractivity contribution in [1.29, 1.82) is 0 Å². The Bertz CT molecular complexity index is 488. The van der Waals surface area contributed by atoms with E-state index in [-0.39, 0.29) is 24.2 Å². The highest BCUT2D eigenvalue weighted by molar-refractivity contribution is 5.92. The third-order valence-corrected chi connectivity index (χ3v) is 3.74. The fraction of sp³-hybridized carbons (Fsp3) is 0.692. The molecule has 0 bridgehead atoms. The lowest BCUT2D eigenvalue weighted by molar-refractivity contribution is 0.0911. The molecule has 0 radical (unpaired) electrons. The molecule has 1 aromatic rings. The topological polar surface area (TPSA) is 58.4 Å². The first kappa shape index (κ1) is 13.5. The molecule has 1 aliphatic carbocycles. The number of aromatic nitrogens is 1. The summed E-state index contributed by atoms with van der Waals surface area (Å²) in [6.07, 6.45) is 0.524. The fourth-order valence-electron chi connectivity index (χ4n) is 2.53. The normalized spacial score (nSPS) is 23.4. The maximum atomic E-state index is 12.3. The lowest BCUT2D eigenvalue weighted by Crippen LogP contribution is -2.38. The van der Waals surface area contributed by atoms with Gasteiger partial charge in [0.25, 0.3) is 12.3 Å². The van der Waals surface area contributed by atoms with Crippen molar-refractivity contribution in [3.05, 3.63) is 17.5 Å². The van der Waals surface area contributed by atoms with Crippen molar-refractivity contribution >= 4 is 5.91 Å². The minimum absolute atomic E-state index is 0.0951. The molecule has 1 saturated heterocycles. The number of carbonyl (C=O) groups excluding carboxylic acids is 1. The molecule has 2 heterocycles. The predicted octanol–water partition coefficient (Wildman–Crippen LogP) is 1.62. The van der Waals surface area contributed by atoms with Crippen LogP contribution >= 0.6 is 0 Å². The first-order valence-corrected chi connectivity index (χ1v) is 6.90. The van der Waals surface area contributed by atoms with Gasteiger partial charge >= 0.3 is 0 Å². The molecule has 1 aromatic heterocycles. The van der Waals surface area contributed by atoms with Gasteiger partial charge in [-0.1, -0.05) is 5.16 Å². The maximum absolute atomic E-state index is 12.3. The molecule has 7 heteroatoms. The van der Waals surface area contributed by atoms with Gasteiger partial charge in [-0.05, 0) is 19.3 Å². The van der Waals surface area contributed by atoms with Crippen LogP contribution in [0.1, 0.15) is 41.4 Å². The van der Waals surface area contributed by atoms with Gasteiger partial charge in [0.15, 0.2) is 5.69 Å². The Labute approximate surface area is 115 Å². The zero-order chi connectivity index (χ0) is 14.1. The van der Waals surface area contributed by atoms with E-state index in [4.69, 9.17) is 4.52 Å². The van der Waals surface area contributed by atoms with Gasteiger partial charge < -0.3 is 9.84 Å². The van der Waals surface area contributed by atoms with Crippen LogP contribution in [0.3, 0.4) is 0 Å². The van der Waals surface area contributed by atoms with Crippen molar-refractivity contribution in [3.8, 4) is 0 Å². The first-order valence-electron chi connectivity index (χ1n) is 6.90. The van der Waals surface area contributed by atoms with Crippen LogP contribution in [0.2, 0.25) is 0 Å². The van der Waals surface area contributed by atoms with Gasteiger partial charge in [-0.2, -0.15) is 0 Å². The van der Waals surface area contributed by atoms with Crippen LogP contribution in [-0.4, -0.2) is 48.1 Å². The highest BCUT2D eigenvalue weighted by atomic mass is 19.3. The molecular formula is C13H17F2N3O2. The Morgan fingerprint density at radius 1 is 1.50 bits per heavy atom. The number of nitrogens with one attached hydrogen (secondary N) is 1. The van der Waals surface area contributed by atoms with E-state index >= 15 is 0 Å². The molecule has 1 saturated carbocycles. The average Bonchev–Trinajstić information content (AvgIpc) is 2.96. The Hall–Kier alpha value is -1.50. The van der Waals surface area contributed by atoms with E-state index in [1.165, 1.54) is 0 Å². The predicted molar refractivity (Wildman–Crippen MR) is 66.8 cm³/mol. The molecule has 0 unspecified atom stereocenters. The fourth-order valence-corrected chi connectivity index (χ4v) is 2.53. The molecule has 2 aliphatic rings. The van der Waals surface area contributed by atoms with E-state index in [1.807, 2.05) is 0 Å². The summed E-state index contributed by atoms with van der Waals surface area (Å²) in [7, 11) is 0. The van der Waals surface area contributed by atoms with Gasteiger partial charge in [0.2, 0.25) is 0 Å². The summed E-state index contributed by atoms with van der Waals surface area (Å²) in [5.74, 6) is 0.891. The van der Waals surface area contributed by atoms with E-state index in [0.29, 0.717) is 25.4 Å². The van der Waals surface area contributed by atoms with Crippen LogP contribution in [0.25, 0.3) is 0 Å². The molecule has 1 aliphatic heterocycles. The molecule has 5 nitrogen and oxygen atoms in total. The summed E-state index contributed by atoms with van der Waals surface area (Å²) in [6, 6.07) is 1.58. The van der Waals surface area contributed by atoms with Crippen LogP contribution in [0.5, 0.6) is 0 Å². The number of alkyl halides is 2. The number of rotatable bonds is 5. The minimum atomic E-state index is -2.33. The third-order valence-electron chi connectivity index (χ3n) is 3.74. The van der Waals surface area contributed by atoms with Crippen molar-refractivity contribution < 1.29 is 18.1 Å². The van der Waals surface area contributed by atoms with Crippen molar-refractivity contribution in [1.82, 2.24) is 15.4 Å². The Morgan fingerprint density at radius 2 is 2.30 bits per heavy atom. The van der Waals surface area contributed by atoms with E-state index in [1.54, 1.807) is 11.0 Å². The molecule has 20 heavy (non-hydrogen) atoms. The molecule has 3 rings (SSSR count). The van der Waals surface area contributed by atoms with E-state index in [0.717, 1.165) is 18.6 Å². The number of likely N-dealkylation sites (tertiary alicyclic amines) is 1. The number of hydrogen-bond donors (Lipinski definition) is 1. The second kappa shape index (κ2) is 5.47. The van der Waals surface area contributed by atoms with Gasteiger partial charge in [-0.15, -0.1) is 0 Å². The molecule has 110 valence electrons. The number of halogens is 2. The maximum Gasteiger partial charge on any atom is 0.273 e. The average molecular weight is 285 g/mol. The molecular weight excluding hydrogens is 268 g/mol. The summed E-state index contributed by atoms with van der Waals surface area (Å²) in [5.41, 5.74) is 0.277. The number of carbonyl (C=O) groups is 1. The largest absolute Gasteiger partial charge is 0.360 e. The quantitative estimate of drug-likeness (QED) is 0.893. The van der Waals surface area contributed by atoms with E-state index in [2.05, 4.69) is 10.5 Å². The molecule has 2 fully saturated rings. The summed E-state index contributed by atoms with van der Waals surface area (Å²) in [4.78, 5) is 13.6. The van der Waals surface area contributed by atoms with Gasteiger partial charge in [-0.25, -0.2) is 8.78 Å². The van der Waals surface area contributed by atoms with Crippen LogP contribution in [0, 0.1) is 0 Å². The zero-order valence-electron chi connectivity index (χ0n) is 11.0. The molecule has 1 amide bonds. The van der Waals surface area contributed by atoms with Crippen molar-refractivity contribution in [2.24, 2.45) is 0 Å². The summed E-state index contributed by atoms with van der Waals surface area (Å²) < 4.78 is 29.7. The highest BCUT2D eigenvalue weighted by Gasteiger charge is 2.30. The zero-order valence-corrected chi connectivity index (χ0v) is 11.0. The summed E-state index contributed by atoms with van der Waals surface area (Å²) >= 11 is 0. The summed E-state index contributed by atoms with van der Waals surface area (Å²) in [5, 5.41) is 6.59. The third kappa shape index (κ3) is 3.15. The van der Waals surface area contributed by atoms with Gasteiger partial charge in [0.1, 0.15) is 5.76 Å².